The molecule has 2 heterocycles. The Balaban J connectivity index is 2.26. The van der Waals surface area contributed by atoms with Crippen molar-refractivity contribution in [2.24, 2.45) is 0 Å². The zero-order chi connectivity index (χ0) is 13.6. The van der Waals surface area contributed by atoms with Gasteiger partial charge >= 0.3 is 0 Å². The molecular formula is C11H7Br2N5O. The van der Waals surface area contributed by atoms with E-state index >= 15 is 0 Å². The highest BCUT2D eigenvalue weighted by molar-refractivity contribution is 9.11. The number of aromatic amines is 2. The van der Waals surface area contributed by atoms with E-state index in [1.165, 1.54) is 0 Å². The van der Waals surface area contributed by atoms with Crippen LogP contribution < -0.4 is 11.3 Å². The number of anilines is 1. The van der Waals surface area contributed by atoms with E-state index in [4.69, 9.17) is 5.73 Å². The predicted octanol–water partition coefficient (Wildman–Crippen LogP) is 2.42. The van der Waals surface area contributed by atoms with Gasteiger partial charge in [0.05, 0.1) is 0 Å². The Bertz CT molecular complexity index is 818. The molecule has 0 amide bonds. The number of hydrogen-bond acceptors (Lipinski definition) is 4. The molecule has 3 aromatic rings. The Labute approximate surface area is 123 Å². The molecule has 0 unspecified atom stereocenters. The van der Waals surface area contributed by atoms with E-state index in [0.29, 0.717) is 17.0 Å². The number of nitrogens with one attached hydrogen (secondary N) is 2. The monoisotopic (exact) mass is 383 g/mol. The fraction of sp³-hybridized carbons (Fsp3) is 0. The van der Waals surface area contributed by atoms with Crippen LogP contribution in [0.3, 0.4) is 0 Å². The van der Waals surface area contributed by atoms with Gasteiger partial charge in [-0.25, -0.2) is 4.98 Å². The second kappa shape index (κ2) is 4.46. The summed E-state index contributed by atoms with van der Waals surface area (Å²) < 4.78 is 1.80. The fourth-order valence-corrected chi connectivity index (χ4v) is 3.05. The van der Waals surface area contributed by atoms with Crippen molar-refractivity contribution in [3.63, 3.8) is 0 Å². The summed E-state index contributed by atoms with van der Waals surface area (Å²) in [6.45, 7) is 0. The summed E-state index contributed by atoms with van der Waals surface area (Å²) in [4.78, 5) is 25.3. The van der Waals surface area contributed by atoms with Gasteiger partial charge in [-0.2, -0.15) is 4.98 Å². The van der Waals surface area contributed by atoms with Crippen LogP contribution in [0.4, 0.5) is 5.95 Å². The Morgan fingerprint density at radius 3 is 2.42 bits per heavy atom. The minimum Gasteiger partial charge on any atom is -0.369 e. The van der Waals surface area contributed by atoms with Crippen LogP contribution in [0.5, 0.6) is 0 Å². The summed E-state index contributed by atoms with van der Waals surface area (Å²) in [5.41, 5.74) is 6.58. The summed E-state index contributed by atoms with van der Waals surface area (Å²) in [5, 5.41) is 0. The van der Waals surface area contributed by atoms with E-state index in [9.17, 15) is 4.79 Å². The van der Waals surface area contributed by atoms with Crippen LogP contribution in [0.1, 0.15) is 0 Å². The molecule has 8 heteroatoms. The lowest BCUT2D eigenvalue weighted by Crippen LogP contribution is -2.10. The molecule has 3 rings (SSSR count). The van der Waals surface area contributed by atoms with Crippen LogP contribution in [0.2, 0.25) is 0 Å². The number of nitrogens with two attached hydrogens (primary N) is 1. The molecule has 0 aliphatic heterocycles. The average molecular weight is 385 g/mol. The maximum atomic E-state index is 11.7. The molecule has 1 aromatic carbocycles. The van der Waals surface area contributed by atoms with Crippen LogP contribution >= 0.6 is 31.9 Å². The van der Waals surface area contributed by atoms with Gasteiger partial charge in [-0.1, -0.05) is 31.9 Å². The fourth-order valence-electron chi connectivity index (χ4n) is 1.75. The molecule has 96 valence electrons. The lowest BCUT2D eigenvalue weighted by molar-refractivity contribution is 1.17. The Kier molecular flexibility index (Phi) is 2.90. The highest BCUT2D eigenvalue weighted by atomic mass is 79.9. The third-order valence-electron chi connectivity index (χ3n) is 2.52. The molecule has 0 aliphatic rings. The van der Waals surface area contributed by atoms with Gasteiger partial charge in [0, 0.05) is 14.5 Å². The van der Waals surface area contributed by atoms with Crippen molar-refractivity contribution in [2.45, 2.75) is 0 Å². The number of imidazole rings is 1. The van der Waals surface area contributed by atoms with Crippen LogP contribution in [0.25, 0.3) is 22.6 Å². The molecule has 0 fully saturated rings. The number of nitrogen functional groups attached to an aromatic ring is 1. The number of nitrogens with zero attached hydrogens (tertiary/aromatic N) is 2. The van der Waals surface area contributed by atoms with Crippen LogP contribution in [-0.4, -0.2) is 19.9 Å². The van der Waals surface area contributed by atoms with Gasteiger partial charge in [-0.15, -0.1) is 0 Å². The summed E-state index contributed by atoms with van der Waals surface area (Å²) in [6.07, 6.45) is 0. The Hall–Kier alpha value is -1.67. The summed E-state index contributed by atoms with van der Waals surface area (Å²) in [6, 6.07) is 5.69. The summed E-state index contributed by atoms with van der Waals surface area (Å²) in [5.74, 6) is 0.603. The number of aromatic nitrogens is 4. The second-order valence-electron chi connectivity index (χ2n) is 3.89. The number of H-pyrrole nitrogens is 2. The Morgan fingerprint density at radius 2 is 1.74 bits per heavy atom. The van der Waals surface area contributed by atoms with Crippen molar-refractivity contribution in [1.82, 2.24) is 19.9 Å². The molecule has 0 spiro atoms. The first-order chi connectivity index (χ1) is 9.02. The van der Waals surface area contributed by atoms with E-state index in [0.717, 1.165) is 14.5 Å². The normalized spacial score (nSPS) is 11.1. The van der Waals surface area contributed by atoms with Gasteiger partial charge in [0.15, 0.2) is 11.2 Å². The smallest absolute Gasteiger partial charge is 0.278 e. The highest BCUT2D eigenvalue weighted by Gasteiger charge is 2.11. The molecule has 6 nitrogen and oxygen atoms in total. The maximum Gasteiger partial charge on any atom is 0.278 e. The molecule has 0 saturated heterocycles. The van der Waals surface area contributed by atoms with Gasteiger partial charge < -0.3 is 10.7 Å². The van der Waals surface area contributed by atoms with Crippen molar-refractivity contribution in [1.29, 1.82) is 0 Å². The molecule has 19 heavy (non-hydrogen) atoms. The number of fused-ring (bicyclic) bond motifs is 1. The van der Waals surface area contributed by atoms with Crippen LogP contribution in [0.15, 0.2) is 31.9 Å². The second-order valence-corrected chi connectivity index (χ2v) is 5.72. The average Bonchev–Trinajstić information content (AvgIpc) is 2.71. The highest BCUT2D eigenvalue weighted by Crippen LogP contribution is 2.26. The lowest BCUT2D eigenvalue weighted by Gasteiger charge is -1.99. The van der Waals surface area contributed by atoms with Crippen molar-refractivity contribution in [3.8, 4) is 11.4 Å². The molecule has 0 bridgehead atoms. The van der Waals surface area contributed by atoms with Crippen molar-refractivity contribution < 1.29 is 0 Å². The number of halogens is 2. The quantitative estimate of drug-likeness (QED) is 0.599. The van der Waals surface area contributed by atoms with Crippen LogP contribution in [0, 0.1) is 0 Å². The third-order valence-corrected chi connectivity index (χ3v) is 3.43. The van der Waals surface area contributed by atoms with Gasteiger partial charge in [0.2, 0.25) is 5.95 Å². The first-order valence-corrected chi connectivity index (χ1v) is 6.83. The van der Waals surface area contributed by atoms with Crippen molar-refractivity contribution in [2.75, 3.05) is 5.73 Å². The van der Waals surface area contributed by atoms with E-state index < -0.39 is 0 Å². The largest absolute Gasteiger partial charge is 0.369 e. The standard InChI is InChI=1S/C11H7Br2N5O/c12-5-1-4(2-6(13)3-5)8-15-7-9(16-8)17-11(14)18-10(7)19/h1-3H,(H4,14,15,16,17,18,19). The van der Waals surface area contributed by atoms with Gasteiger partial charge in [-0.05, 0) is 18.2 Å². The third kappa shape index (κ3) is 2.28. The van der Waals surface area contributed by atoms with Crippen molar-refractivity contribution in [3.05, 3.63) is 37.5 Å². The molecular weight excluding hydrogens is 378 g/mol. The number of benzene rings is 1. The summed E-state index contributed by atoms with van der Waals surface area (Å²) >= 11 is 6.81. The molecule has 0 saturated carbocycles. The first kappa shape index (κ1) is 12.4. The zero-order valence-electron chi connectivity index (χ0n) is 9.37. The van der Waals surface area contributed by atoms with Crippen molar-refractivity contribution >= 4 is 49.0 Å². The SMILES string of the molecule is Nc1nc2nc(-c3cc(Br)cc(Br)c3)[nH]c2c(=O)[nH]1. The minimum absolute atomic E-state index is 0.0472. The summed E-state index contributed by atoms with van der Waals surface area (Å²) in [7, 11) is 0. The molecule has 0 atom stereocenters. The zero-order valence-corrected chi connectivity index (χ0v) is 12.5. The van der Waals surface area contributed by atoms with E-state index in [1.807, 2.05) is 18.2 Å². The lowest BCUT2D eigenvalue weighted by atomic mass is 10.2. The van der Waals surface area contributed by atoms with Gasteiger partial charge in [0.25, 0.3) is 5.56 Å². The maximum absolute atomic E-state index is 11.7. The molecule has 4 N–H and O–H groups in total. The first-order valence-electron chi connectivity index (χ1n) is 5.25. The van der Waals surface area contributed by atoms with Gasteiger partial charge in [0.1, 0.15) is 5.82 Å². The van der Waals surface area contributed by atoms with Gasteiger partial charge in [-0.3, -0.25) is 9.78 Å². The van der Waals surface area contributed by atoms with E-state index in [1.54, 1.807) is 0 Å². The van der Waals surface area contributed by atoms with Crippen LogP contribution in [-0.2, 0) is 0 Å². The van der Waals surface area contributed by atoms with E-state index in [2.05, 4.69) is 51.8 Å². The minimum atomic E-state index is -0.338. The number of rotatable bonds is 1. The molecule has 0 aliphatic carbocycles. The van der Waals surface area contributed by atoms with E-state index in [-0.39, 0.29) is 11.5 Å². The topological polar surface area (TPSA) is 100 Å². The molecule has 0 radical (unpaired) electrons. The predicted molar refractivity (Wildman–Crippen MR) is 79.8 cm³/mol. The molecule has 2 aromatic heterocycles. The number of hydrogen-bond donors (Lipinski definition) is 3. The Morgan fingerprint density at radius 1 is 1.05 bits per heavy atom.